The van der Waals surface area contributed by atoms with E-state index < -0.39 is 0 Å². The summed E-state index contributed by atoms with van der Waals surface area (Å²) in [4.78, 5) is 24.6. The third-order valence-corrected chi connectivity index (χ3v) is 2.60. The highest BCUT2D eigenvalue weighted by Crippen LogP contribution is 1.95. The molecule has 5 nitrogen and oxygen atoms in total. The van der Waals surface area contributed by atoms with Gasteiger partial charge in [0.2, 0.25) is 5.91 Å². The van der Waals surface area contributed by atoms with Gasteiger partial charge in [-0.05, 0) is 20.0 Å². The molecule has 0 unspecified atom stereocenters. The normalized spacial score (nSPS) is 10.2. The maximum absolute atomic E-state index is 11.3. The standard InChI is InChI=1S/C9H15N3O2S/c1-10-4-2-3-8(13)11-5-7-6-15-9(14)12-7/h6,10H,2-5H2,1H3,(H,11,13)(H,12,14). The Hall–Kier alpha value is -1.14. The molecule has 0 spiro atoms. The highest BCUT2D eigenvalue weighted by atomic mass is 32.1. The lowest BCUT2D eigenvalue weighted by atomic mass is 10.3. The molecule has 1 rings (SSSR count). The second kappa shape index (κ2) is 6.36. The zero-order chi connectivity index (χ0) is 11.1. The van der Waals surface area contributed by atoms with Crippen LogP contribution < -0.4 is 15.5 Å². The van der Waals surface area contributed by atoms with E-state index in [9.17, 15) is 9.59 Å². The SMILES string of the molecule is CNCCCC(=O)NCc1csc(=O)[nH]1. The Kier molecular flexibility index (Phi) is 5.06. The topological polar surface area (TPSA) is 74.0 Å². The maximum atomic E-state index is 11.3. The van der Waals surface area contributed by atoms with Crippen LogP contribution in [0.5, 0.6) is 0 Å². The molecule has 0 bridgehead atoms. The zero-order valence-electron chi connectivity index (χ0n) is 8.63. The van der Waals surface area contributed by atoms with Gasteiger partial charge in [-0.25, -0.2) is 0 Å². The van der Waals surface area contributed by atoms with E-state index >= 15 is 0 Å². The molecule has 0 atom stereocenters. The summed E-state index contributed by atoms with van der Waals surface area (Å²) in [6, 6.07) is 0. The molecule has 1 heterocycles. The average molecular weight is 229 g/mol. The van der Waals surface area contributed by atoms with Crippen LogP contribution in [0, 0.1) is 0 Å². The number of thiazole rings is 1. The molecule has 15 heavy (non-hydrogen) atoms. The third-order valence-electron chi connectivity index (χ3n) is 1.88. The predicted octanol–water partition coefficient (Wildman–Crippen LogP) is 0.0522. The molecule has 1 aromatic rings. The summed E-state index contributed by atoms with van der Waals surface area (Å²) >= 11 is 1.11. The number of nitrogens with one attached hydrogen (secondary N) is 3. The van der Waals surface area contributed by atoms with Crippen molar-refractivity contribution in [3.63, 3.8) is 0 Å². The van der Waals surface area contributed by atoms with E-state index in [0.29, 0.717) is 13.0 Å². The van der Waals surface area contributed by atoms with Crippen molar-refractivity contribution in [2.24, 2.45) is 0 Å². The fourth-order valence-corrected chi connectivity index (χ4v) is 1.69. The van der Waals surface area contributed by atoms with Gasteiger partial charge in [-0.2, -0.15) is 0 Å². The van der Waals surface area contributed by atoms with Gasteiger partial charge in [0, 0.05) is 17.5 Å². The summed E-state index contributed by atoms with van der Waals surface area (Å²) in [5, 5.41) is 7.43. The number of amides is 1. The summed E-state index contributed by atoms with van der Waals surface area (Å²) < 4.78 is 0. The molecule has 0 aliphatic rings. The van der Waals surface area contributed by atoms with Crippen LogP contribution in [0.3, 0.4) is 0 Å². The molecule has 6 heteroatoms. The first-order valence-electron chi connectivity index (χ1n) is 4.80. The molecule has 0 saturated heterocycles. The molecule has 0 fully saturated rings. The minimum Gasteiger partial charge on any atom is -0.351 e. The molecule has 1 amide bonds. The van der Waals surface area contributed by atoms with Crippen LogP contribution in [0.25, 0.3) is 0 Å². The lowest BCUT2D eigenvalue weighted by Gasteiger charge is -2.02. The van der Waals surface area contributed by atoms with Gasteiger partial charge in [-0.3, -0.25) is 9.59 Å². The first-order valence-corrected chi connectivity index (χ1v) is 5.68. The van der Waals surface area contributed by atoms with E-state index in [-0.39, 0.29) is 10.8 Å². The van der Waals surface area contributed by atoms with E-state index in [0.717, 1.165) is 30.0 Å². The van der Waals surface area contributed by atoms with Gasteiger partial charge in [-0.1, -0.05) is 11.3 Å². The van der Waals surface area contributed by atoms with E-state index in [1.54, 1.807) is 5.38 Å². The zero-order valence-corrected chi connectivity index (χ0v) is 9.45. The molecule has 0 saturated carbocycles. The van der Waals surface area contributed by atoms with E-state index in [2.05, 4.69) is 15.6 Å². The lowest BCUT2D eigenvalue weighted by Crippen LogP contribution is -2.24. The monoisotopic (exact) mass is 229 g/mol. The number of rotatable bonds is 6. The fraction of sp³-hybridized carbons (Fsp3) is 0.556. The van der Waals surface area contributed by atoms with Crippen LogP contribution in [0.15, 0.2) is 10.2 Å². The molecular weight excluding hydrogens is 214 g/mol. The Morgan fingerprint density at radius 3 is 3.00 bits per heavy atom. The summed E-state index contributed by atoms with van der Waals surface area (Å²) in [7, 11) is 1.86. The second-order valence-corrected chi connectivity index (χ2v) is 4.00. The van der Waals surface area contributed by atoms with E-state index in [1.165, 1.54) is 0 Å². The number of H-pyrrole nitrogens is 1. The van der Waals surface area contributed by atoms with Gasteiger partial charge in [0.25, 0.3) is 0 Å². The summed E-state index contributed by atoms with van der Waals surface area (Å²) in [5.74, 6) is 0.0114. The number of hydrogen-bond donors (Lipinski definition) is 3. The van der Waals surface area contributed by atoms with Gasteiger partial charge in [0.15, 0.2) is 0 Å². The largest absolute Gasteiger partial charge is 0.351 e. The minimum absolute atomic E-state index is 0.0114. The molecule has 84 valence electrons. The van der Waals surface area contributed by atoms with Crippen molar-refractivity contribution in [1.82, 2.24) is 15.6 Å². The molecule has 0 aromatic carbocycles. The molecular formula is C9H15N3O2S. The Bertz CT molecular complexity index is 358. The van der Waals surface area contributed by atoms with E-state index in [4.69, 9.17) is 0 Å². The Morgan fingerprint density at radius 1 is 1.60 bits per heavy atom. The third kappa shape index (κ3) is 4.75. The van der Waals surface area contributed by atoms with Crippen LogP contribution in [0.1, 0.15) is 18.5 Å². The smallest absolute Gasteiger partial charge is 0.304 e. The Labute approximate surface area is 91.9 Å². The van der Waals surface area contributed by atoms with Crippen LogP contribution in [-0.2, 0) is 11.3 Å². The van der Waals surface area contributed by atoms with Gasteiger partial charge in [0.05, 0.1) is 6.54 Å². The number of carbonyl (C=O) groups is 1. The average Bonchev–Trinajstić information content (AvgIpc) is 2.62. The summed E-state index contributed by atoms with van der Waals surface area (Å²) in [6.07, 6.45) is 1.33. The molecule has 0 aliphatic heterocycles. The van der Waals surface area contributed by atoms with Crippen LogP contribution >= 0.6 is 11.3 Å². The second-order valence-electron chi connectivity index (χ2n) is 3.16. The van der Waals surface area contributed by atoms with Crippen LogP contribution in [0.2, 0.25) is 0 Å². The van der Waals surface area contributed by atoms with Crippen molar-refractivity contribution < 1.29 is 4.79 Å². The van der Waals surface area contributed by atoms with Gasteiger partial charge in [0.1, 0.15) is 0 Å². The highest BCUT2D eigenvalue weighted by molar-refractivity contribution is 7.07. The molecule has 3 N–H and O–H groups in total. The summed E-state index contributed by atoms with van der Waals surface area (Å²) in [5.41, 5.74) is 0.756. The molecule has 0 radical (unpaired) electrons. The van der Waals surface area contributed by atoms with Crippen molar-refractivity contribution in [2.45, 2.75) is 19.4 Å². The van der Waals surface area contributed by atoms with Gasteiger partial charge in [-0.15, -0.1) is 0 Å². The van der Waals surface area contributed by atoms with Crippen LogP contribution in [-0.4, -0.2) is 24.5 Å². The predicted molar refractivity (Wildman–Crippen MR) is 59.9 cm³/mol. The lowest BCUT2D eigenvalue weighted by molar-refractivity contribution is -0.121. The van der Waals surface area contributed by atoms with Crippen molar-refractivity contribution in [3.05, 3.63) is 20.7 Å². The molecule has 1 aromatic heterocycles. The van der Waals surface area contributed by atoms with Crippen molar-refractivity contribution in [3.8, 4) is 0 Å². The fourth-order valence-electron chi connectivity index (χ4n) is 1.11. The van der Waals surface area contributed by atoms with Crippen molar-refractivity contribution in [1.29, 1.82) is 0 Å². The number of hydrogen-bond acceptors (Lipinski definition) is 4. The van der Waals surface area contributed by atoms with Crippen molar-refractivity contribution in [2.75, 3.05) is 13.6 Å². The number of aromatic nitrogens is 1. The first-order chi connectivity index (χ1) is 7.22. The number of carbonyl (C=O) groups excluding carboxylic acids is 1. The van der Waals surface area contributed by atoms with Gasteiger partial charge < -0.3 is 15.6 Å². The highest BCUT2D eigenvalue weighted by Gasteiger charge is 2.01. The van der Waals surface area contributed by atoms with Crippen LogP contribution in [0.4, 0.5) is 0 Å². The minimum atomic E-state index is -0.0885. The van der Waals surface area contributed by atoms with E-state index in [1.807, 2.05) is 7.05 Å². The molecule has 0 aliphatic carbocycles. The first kappa shape index (κ1) is 11.9. The quantitative estimate of drug-likeness (QED) is 0.604. The van der Waals surface area contributed by atoms with Crippen molar-refractivity contribution >= 4 is 17.2 Å². The Morgan fingerprint density at radius 2 is 2.40 bits per heavy atom. The Balaban J connectivity index is 2.19. The summed E-state index contributed by atoms with van der Waals surface area (Å²) in [6.45, 7) is 1.24. The number of aromatic amines is 1. The maximum Gasteiger partial charge on any atom is 0.304 e. The van der Waals surface area contributed by atoms with Gasteiger partial charge >= 0.3 is 4.87 Å².